The molecule has 1 aliphatic rings. The van der Waals surface area contributed by atoms with E-state index >= 15 is 0 Å². The fourth-order valence-electron chi connectivity index (χ4n) is 3.30. The Bertz CT molecular complexity index is 637. The van der Waals surface area contributed by atoms with Crippen molar-refractivity contribution in [2.75, 3.05) is 7.11 Å². The molecular formula is C20H22O2. The third kappa shape index (κ3) is 3.06. The number of carbonyl (C=O) groups excluding carboxylic acids is 1. The monoisotopic (exact) mass is 294 g/mol. The Morgan fingerprint density at radius 3 is 2.32 bits per heavy atom. The van der Waals surface area contributed by atoms with E-state index in [0.717, 1.165) is 35.3 Å². The maximum atomic E-state index is 12.9. The average molecular weight is 294 g/mol. The molecule has 1 saturated carbocycles. The number of benzene rings is 2. The predicted molar refractivity (Wildman–Crippen MR) is 89.3 cm³/mol. The summed E-state index contributed by atoms with van der Waals surface area (Å²) in [6.45, 7) is 0. The van der Waals surface area contributed by atoms with Crippen LogP contribution in [0.2, 0.25) is 0 Å². The van der Waals surface area contributed by atoms with Gasteiger partial charge in [0.2, 0.25) is 0 Å². The molecule has 0 bridgehead atoms. The minimum absolute atomic E-state index is 0.202. The van der Waals surface area contributed by atoms with Crippen LogP contribution in [-0.4, -0.2) is 12.9 Å². The standard InChI is InChI=1S/C20H22O2/c1-22-17-13-11-15(12-14-17)18-9-5-6-10-19(18)20(21)16-7-3-2-4-8-16/h5-6,9-14,16H,2-4,7-8H2,1H3. The predicted octanol–water partition coefficient (Wildman–Crippen LogP) is 5.13. The summed E-state index contributed by atoms with van der Waals surface area (Å²) in [6.07, 6.45) is 5.71. The fourth-order valence-corrected chi connectivity index (χ4v) is 3.30. The van der Waals surface area contributed by atoms with Crippen LogP contribution in [0.25, 0.3) is 11.1 Å². The lowest BCUT2D eigenvalue weighted by molar-refractivity contribution is 0.0890. The molecule has 2 aromatic rings. The molecule has 0 unspecified atom stereocenters. The highest BCUT2D eigenvalue weighted by molar-refractivity contribution is 6.03. The zero-order chi connectivity index (χ0) is 15.4. The van der Waals surface area contributed by atoms with Crippen molar-refractivity contribution in [1.82, 2.24) is 0 Å². The van der Waals surface area contributed by atoms with Crippen LogP contribution in [0.1, 0.15) is 42.5 Å². The lowest BCUT2D eigenvalue weighted by atomic mass is 9.82. The molecule has 0 spiro atoms. The number of ketones is 1. The minimum Gasteiger partial charge on any atom is -0.497 e. The summed E-state index contributed by atoms with van der Waals surface area (Å²) < 4.78 is 5.21. The van der Waals surface area contributed by atoms with Crippen molar-refractivity contribution in [3.8, 4) is 16.9 Å². The van der Waals surface area contributed by atoms with Crippen molar-refractivity contribution < 1.29 is 9.53 Å². The molecule has 2 heteroatoms. The second-order valence-electron chi connectivity index (χ2n) is 5.97. The lowest BCUT2D eigenvalue weighted by Gasteiger charge is -2.21. The van der Waals surface area contributed by atoms with Gasteiger partial charge in [0.1, 0.15) is 5.75 Å². The first kappa shape index (κ1) is 14.8. The van der Waals surface area contributed by atoms with Gasteiger partial charge in [0, 0.05) is 11.5 Å². The molecule has 2 nitrogen and oxygen atoms in total. The van der Waals surface area contributed by atoms with Crippen LogP contribution in [0.5, 0.6) is 5.75 Å². The van der Waals surface area contributed by atoms with Crippen LogP contribution in [0.15, 0.2) is 48.5 Å². The number of hydrogen-bond acceptors (Lipinski definition) is 2. The molecule has 22 heavy (non-hydrogen) atoms. The molecule has 0 aliphatic heterocycles. The van der Waals surface area contributed by atoms with Crippen LogP contribution in [0, 0.1) is 5.92 Å². The van der Waals surface area contributed by atoms with E-state index in [0.29, 0.717) is 5.78 Å². The van der Waals surface area contributed by atoms with Gasteiger partial charge >= 0.3 is 0 Å². The largest absolute Gasteiger partial charge is 0.497 e. The van der Waals surface area contributed by atoms with Crippen LogP contribution in [0.4, 0.5) is 0 Å². The van der Waals surface area contributed by atoms with Crippen molar-refractivity contribution >= 4 is 5.78 Å². The van der Waals surface area contributed by atoms with Crippen LogP contribution >= 0.6 is 0 Å². The molecule has 2 aromatic carbocycles. The summed E-state index contributed by atoms with van der Waals surface area (Å²) in [4.78, 5) is 12.9. The Hall–Kier alpha value is -2.09. The van der Waals surface area contributed by atoms with E-state index in [4.69, 9.17) is 4.74 Å². The number of rotatable bonds is 4. The molecule has 114 valence electrons. The van der Waals surface area contributed by atoms with E-state index in [-0.39, 0.29) is 5.92 Å². The summed E-state index contributed by atoms with van der Waals surface area (Å²) in [7, 11) is 1.66. The summed E-state index contributed by atoms with van der Waals surface area (Å²) in [5, 5.41) is 0. The number of methoxy groups -OCH3 is 1. The number of ether oxygens (including phenoxy) is 1. The van der Waals surface area contributed by atoms with Crippen molar-refractivity contribution in [3.05, 3.63) is 54.1 Å². The van der Waals surface area contributed by atoms with Crippen LogP contribution < -0.4 is 4.74 Å². The number of Topliss-reactive ketones (excluding diaryl/α,β-unsaturated/α-hetero) is 1. The third-order valence-corrected chi connectivity index (χ3v) is 4.57. The SMILES string of the molecule is COc1ccc(-c2ccccc2C(=O)C2CCCCC2)cc1. The summed E-state index contributed by atoms with van der Waals surface area (Å²) in [6, 6.07) is 15.9. The quantitative estimate of drug-likeness (QED) is 0.731. The van der Waals surface area contributed by atoms with E-state index in [1.165, 1.54) is 19.3 Å². The highest BCUT2D eigenvalue weighted by atomic mass is 16.5. The van der Waals surface area contributed by atoms with Gasteiger partial charge in [-0.25, -0.2) is 0 Å². The normalized spacial score (nSPS) is 15.5. The smallest absolute Gasteiger partial charge is 0.166 e. The van der Waals surface area contributed by atoms with E-state index in [9.17, 15) is 4.79 Å². The molecule has 0 radical (unpaired) electrons. The van der Waals surface area contributed by atoms with Crippen molar-refractivity contribution in [1.29, 1.82) is 0 Å². The highest BCUT2D eigenvalue weighted by Gasteiger charge is 2.24. The number of carbonyl (C=O) groups is 1. The molecule has 0 amide bonds. The third-order valence-electron chi connectivity index (χ3n) is 4.57. The lowest BCUT2D eigenvalue weighted by Crippen LogP contribution is -2.18. The zero-order valence-electron chi connectivity index (χ0n) is 13.0. The Balaban J connectivity index is 1.93. The fraction of sp³-hybridized carbons (Fsp3) is 0.350. The first-order chi connectivity index (χ1) is 10.8. The summed E-state index contributed by atoms with van der Waals surface area (Å²) in [5.74, 6) is 1.35. The van der Waals surface area contributed by atoms with Gasteiger partial charge in [0.25, 0.3) is 0 Å². The second kappa shape index (κ2) is 6.78. The Morgan fingerprint density at radius 2 is 1.64 bits per heavy atom. The zero-order valence-corrected chi connectivity index (χ0v) is 13.0. The van der Waals surface area contributed by atoms with Crippen molar-refractivity contribution in [3.63, 3.8) is 0 Å². The molecule has 0 saturated heterocycles. The topological polar surface area (TPSA) is 26.3 Å². The van der Waals surface area contributed by atoms with E-state index in [2.05, 4.69) is 0 Å². The van der Waals surface area contributed by atoms with Gasteiger partial charge in [0.15, 0.2) is 5.78 Å². The first-order valence-electron chi connectivity index (χ1n) is 8.07. The van der Waals surface area contributed by atoms with Gasteiger partial charge in [-0.1, -0.05) is 55.7 Å². The molecule has 1 fully saturated rings. The minimum atomic E-state index is 0.202. The van der Waals surface area contributed by atoms with E-state index < -0.39 is 0 Å². The number of hydrogen-bond donors (Lipinski definition) is 0. The first-order valence-corrected chi connectivity index (χ1v) is 8.07. The summed E-state index contributed by atoms with van der Waals surface area (Å²) >= 11 is 0. The average Bonchev–Trinajstić information content (AvgIpc) is 2.62. The Kier molecular flexibility index (Phi) is 4.57. The summed E-state index contributed by atoms with van der Waals surface area (Å²) in [5.41, 5.74) is 2.96. The molecular weight excluding hydrogens is 272 g/mol. The van der Waals surface area contributed by atoms with Gasteiger partial charge < -0.3 is 4.74 Å². The Labute approximate surface area is 132 Å². The van der Waals surface area contributed by atoms with E-state index in [1.54, 1.807) is 7.11 Å². The van der Waals surface area contributed by atoms with Gasteiger partial charge in [-0.05, 0) is 36.1 Å². The van der Waals surface area contributed by atoms with Gasteiger partial charge in [-0.3, -0.25) is 4.79 Å². The van der Waals surface area contributed by atoms with Crippen LogP contribution in [-0.2, 0) is 0 Å². The molecule has 0 aromatic heterocycles. The molecule has 0 atom stereocenters. The van der Waals surface area contributed by atoms with Crippen molar-refractivity contribution in [2.24, 2.45) is 5.92 Å². The van der Waals surface area contributed by atoms with Gasteiger partial charge in [-0.15, -0.1) is 0 Å². The van der Waals surface area contributed by atoms with E-state index in [1.807, 2.05) is 48.5 Å². The maximum Gasteiger partial charge on any atom is 0.166 e. The van der Waals surface area contributed by atoms with Crippen LogP contribution in [0.3, 0.4) is 0 Å². The Morgan fingerprint density at radius 1 is 0.955 bits per heavy atom. The highest BCUT2D eigenvalue weighted by Crippen LogP contribution is 2.32. The maximum absolute atomic E-state index is 12.9. The van der Waals surface area contributed by atoms with Gasteiger partial charge in [-0.2, -0.15) is 0 Å². The molecule has 3 rings (SSSR count). The molecule has 1 aliphatic carbocycles. The van der Waals surface area contributed by atoms with Gasteiger partial charge in [0.05, 0.1) is 7.11 Å². The molecule has 0 N–H and O–H groups in total. The van der Waals surface area contributed by atoms with Crippen molar-refractivity contribution in [2.45, 2.75) is 32.1 Å². The molecule has 0 heterocycles. The second-order valence-corrected chi connectivity index (χ2v) is 5.97.